The molecule has 0 aliphatic rings. The smallest absolute Gasteiger partial charge is 0.161 e. The number of hydrogen-bond acceptors (Lipinski definition) is 6. The molecule has 0 spiro atoms. The first-order valence-corrected chi connectivity index (χ1v) is 9.90. The molecule has 0 aliphatic carbocycles. The summed E-state index contributed by atoms with van der Waals surface area (Å²) < 4.78 is 21.6. The second-order valence-corrected chi connectivity index (χ2v) is 7.02. The number of ether oxygens (including phenoxy) is 4. The summed E-state index contributed by atoms with van der Waals surface area (Å²) in [5, 5.41) is 10.6. The van der Waals surface area contributed by atoms with E-state index < -0.39 is 6.10 Å². The van der Waals surface area contributed by atoms with Gasteiger partial charge < -0.3 is 24.1 Å². The molecule has 2 aromatic rings. The van der Waals surface area contributed by atoms with Gasteiger partial charge >= 0.3 is 0 Å². The highest BCUT2D eigenvalue weighted by Gasteiger charge is 2.18. The Labute approximate surface area is 174 Å². The molecule has 0 aliphatic heterocycles. The Morgan fingerprint density at radius 1 is 0.897 bits per heavy atom. The molecule has 0 fully saturated rings. The molecule has 2 aromatic carbocycles. The zero-order chi connectivity index (χ0) is 21.2. The fraction of sp³-hybridized carbons (Fsp3) is 0.478. The van der Waals surface area contributed by atoms with E-state index in [1.54, 1.807) is 21.3 Å². The minimum absolute atomic E-state index is 0.227. The zero-order valence-corrected chi connectivity index (χ0v) is 18.1. The van der Waals surface area contributed by atoms with Crippen LogP contribution in [0.4, 0.5) is 0 Å². The average Bonchev–Trinajstić information content (AvgIpc) is 2.76. The van der Waals surface area contributed by atoms with Crippen molar-refractivity contribution < 1.29 is 24.1 Å². The molecule has 2 atom stereocenters. The van der Waals surface area contributed by atoms with Crippen LogP contribution in [0.3, 0.4) is 0 Å². The minimum atomic E-state index is -0.605. The van der Waals surface area contributed by atoms with E-state index >= 15 is 0 Å². The van der Waals surface area contributed by atoms with Crippen molar-refractivity contribution in [2.45, 2.75) is 39.0 Å². The topological polar surface area (TPSA) is 60.4 Å². The molecule has 160 valence electrons. The molecule has 6 heteroatoms. The van der Waals surface area contributed by atoms with Gasteiger partial charge in [0.05, 0.1) is 21.3 Å². The predicted molar refractivity (Wildman–Crippen MR) is 114 cm³/mol. The lowest BCUT2D eigenvalue weighted by Gasteiger charge is -2.30. The molecule has 0 amide bonds. The Bertz CT molecular complexity index is 735. The van der Waals surface area contributed by atoms with Gasteiger partial charge in [0, 0.05) is 19.1 Å². The summed E-state index contributed by atoms with van der Waals surface area (Å²) in [7, 11) is 4.89. The van der Waals surface area contributed by atoms with Crippen LogP contribution < -0.4 is 18.9 Å². The second-order valence-electron chi connectivity index (χ2n) is 7.02. The SMILES string of the molecule is CCC(C)N(Cc1ccc(OC)c(OC)c1)CC(O)COc1ccc(OC)cc1. The van der Waals surface area contributed by atoms with Crippen LogP contribution >= 0.6 is 0 Å². The molecule has 29 heavy (non-hydrogen) atoms. The summed E-state index contributed by atoms with van der Waals surface area (Å²) in [6.45, 7) is 5.75. The van der Waals surface area contributed by atoms with Crippen molar-refractivity contribution in [1.82, 2.24) is 4.90 Å². The molecule has 0 radical (unpaired) electrons. The van der Waals surface area contributed by atoms with Gasteiger partial charge in [-0.1, -0.05) is 13.0 Å². The van der Waals surface area contributed by atoms with E-state index in [0.29, 0.717) is 36.4 Å². The quantitative estimate of drug-likeness (QED) is 0.582. The molecule has 0 heterocycles. The standard InChI is InChI=1S/C23H33NO5/c1-6-17(2)24(14-18-7-12-22(27-4)23(13-18)28-5)15-19(25)16-29-21-10-8-20(26-3)9-11-21/h7-13,17,19,25H,6,14-16H2,1-5H3. The summed E-state index contributed by atoms with van der Waals surface area (Å²) in [5.74, 6) is 2.90. The lowest BCUT2D eigenvalue weighted by atomic mass is 10.1. The Kier molecular flexibility index (Phi) is 9.09. The van der Waals surface area contributed by atoms with Crippen molar-refractivity contribution in [2.75, 3.05) is 34.5 Å². The van der Waals surface area contributed by atoms with Gasteiger partial charge in [-0.3, -0.25) is 4.90 Å². The van der Waals surface area contributed by atoms with Gasteiger partial charge in [0.15, 0.2) is 11.5 Å². The van der Waals surface area contributed by atoms with Crippen molar-refractivity contribution >= 4 is 0 Å². The van der Waals surface area contributed by atoms with Gasteiger partial charge in [-0.05, 0) is 55.3 Å². The molecular formula is C23H33NO5. The Morgan fingerprint density at radius 2 is 1.55 bits per heavy atom. The first-order chi connectivity index (χ1) is 14.0. The van der Waals surface area contributed by atoms with Crippen molar-refractivity contribution in [3.8, 4) is 23.0 Å². The van der Waals surface area contributed by atoms with E-state index in [-0.39, 0.29) is 6.61 Å². The van der Waals surface area contributed by atoms with Gasteiger partial charge in [-0.15, -0.1) is 0 Å². The minimum Gasteiger partial charge on any atom is -0.497 e. The predicted octanol–water partition coefficient (Wildman–Crippen LogP) is 3.75. The average molecular weight is 404 g/mol. The maximum absolute atomic E-state index is 10.6. The number of methoxy groups -OCH3 is 3. The summed E-state index contributed by atoms with van der Waals surface area (Å²) in [6.07, 6.45) is 0.380. The van der Waals surface area contributed by atoms with Crippen LogP contribution in [0.1, 0.15) is 25.8 Å². The summed E-state index contributed by atoms with van der Waals surface area (Å²) in [4.78, 5) is 2.25. The molecule has 0 bridgehead atoms. The summed E-state index contributed by atoms with van der Waals surface area (Å²) in [6, 6.07) is 13.6. The molecule has 0 saturated heterocycles. The van der Waals surface area contributed by atoms with Crippen LogP contribution in [-0.4, -0.2) is 56.6 Å². The highest BCUT2D eigenvalue weighted by atomic mass is 16.5. The van der Waals surface area contributed by atoms with E-state index in [4.69, 9.17) is 18.9 Å². The van der Waals surface area contributed by atoms with E-state index in [1.807, 2.05) is 42.5 Å². The fourth-order valence-electron chi connectivity index (χ4n) is 3.06. The van der Waals surface area contributed by atoms with Crippen LogP contribution in [0.15, 0.2) is 42.5 Å². The number of hydrogen-bond donors (Lipinski definition) is 1. The summed E-state index contributed by atoms with van der Waals surface area (Å²) in [5.41, 5.74) is 1.10. The molecular weight excluding hydrogens is 370 g/mol. The maximum atomic E-state index is 10.6. The highest BCUT2D eigenvalue weighted by molar-refractivity contribution is 5.42. The van der Waals surface area contributed by atoms with Crippen LogP contribution in [-0.2, 0) is 6.54 Å². The lowest BCUT2D eigenvalue weighted by Crippen LogP contribution is -2.40. The van der Waals surface area contributed by atoms with E-state index in [9.17, 15) is 5.11 Å². The third kappa shape index (κ3) is 6.84. The number of nitrogens with zero attached hydrogens (tertiary/aromatic N) is 1. The normalized spacial score (nSPS) is 13.1. The third-order valence-electron chi connectivity index (χ3n) is 4.99. The number of aliphatic hydroxyl groups excluding tert-OH is 1. The van der Waals surface area contributed by atoms with Crippen LogP contribution in [0, 0.1) is 0 Å². The van der Waals surface area contributed by atoms with Gasteiger partial charge in [0.2, 0.25) is 0 Å². The first-order valence-electron chi connectivity index (χ1n) is 9.90. The molecule has 2 unspecified atom stereocenters. The summed E-state index contributed by atoms with van der Waals surface area (Å²) >= 11 is 0. The van der Waals surface area contributed by atoms with Crippen LogP contribution in [0.25, 0.3) is 0 Å². The second kappa shape index (κ2) is 11.5. The van der Waals surface area contributed by atoms with Gasteiger partial charge in [-0.2, -0.15) is 0 Å². The number of aliphatic hydroxyl groups is 1. The number of benzene rings is 2. The first kappa shape index (κ1) is 22.8. The van der Waals surface area contributed by atoms with Crippen molar-refractivity contribution in [2.24, 2.45) is 0 Å². The van der Waals surface area contributed by atoms with Crippen molar-refractivity contribution in [3.05, 3.63) is 48.0 Å². The van der Waals surface area contributed by atoms with Crippen LogP contribution in [0.2, 0.25) is 0 Å². The highest BCUT2D eigenvalue weighted by Crippen LogP contribution is 2.28. The lowest BCUT2D eigenvalue weighted by molar-refractivity contribution is 0.0506. The van der Waals surface area contributed by atoms with Gasteiger partial charge in [-0.25, -0.2) is 0 Å². The van der Waals surface area contributed by atoms with E-state index in [2.05, 4.69) is 18.7 Å². The molecule has 6 nitrogen and oxygen atoms in total. The molecule has 0 aromatic heterocycles. The fourth-order valence-corrected chi connectivity index (χ4v) is 3.06. The molecule has 2 rings (SSSR count). The van der Waals surface area contributed by atoms with Crippen molar-refractivity contribution in [3.63, 3.8) is 0 Å². The Balaban J connectivity index is 1.98. The van der Waals surface area contributed by atoms with Crippen molar-refractivity contribution in [1.29, 1.82) is 0 Å². The molecule has 1 N–H and O–H groups in total. The van der Waals surface area contributed by atoms with E-state index in [1.165, 1.54) is 0 Å². The zero-order valence-electron chi connectivity index (χ0n) is 18.1. The molecule has 0 saturated carbocycles. The monoisotopic (exact) mass is 403 g/mol. The largest absolute Gasteiger partial charge is 0.497 e. The van der Waals surface area contributed by atoms with Gasteiger partial charge in [0.25, 0.3) is 0 Å². The van der Waals surface area contributed by atoms with Gasteiger partial charge in [0.1, 0.15) is 24.2 Å². The maximum Gasteiger partial charge on any atom is 0.161 e. The third-order valence-corrected chi connectivity index (χ3v) is 4.99. The Morgan fingerprint density at radius 3 is 2.14 bits per heavy atom. The Hall–Kier alpha value is -2.44. The van der Waals surface area contributed by atoms with Crippen LogP contribution in [0.5, 0.6) is 23.0 Å². The van der Waals surface area contributed by atoms with E-state index in [0.717, 1.165) is 17.7 Å². The number of rotatable bonds is 12.